The minimum atomic E-state index is 0.158. The Bertz CT molecular complexity index is 735. The SMILES string of the molecule is Cc1ccoc1CN1CC[C@@]2(C)c3cc(O)ccc3C[C@H]1[C@H]2C. The lowest BCUT2D eigenvalue weighted by Gasteiger charge is -2.54. The van der Waals surface area contributed by atoms with Gasteiger partial charge in [0, 0.05) is 6.04 Å². The second kappa shape index (κ2) is 5.13. The molecule has 3 nitrogen and oxygen atoms in total. The Hall–Kier alpha value is -1.74. The van der Waals surface area contributed by atoms with Gasteiger partial charge in [0.1, 0.15) is 11.5 Å². The Morgan fingerprint density at radius 1 is 1.35 bits per heavy atom. The van der Waals surface area contributed by atoms with Crippen LogP contribution in [0.1, 0.15) is 42.7 Å². The van der Waals surface area contributed by atoms with Crippen LogP contribution >= 0.6 is 0 Å². The number of aryl methyl sites for hydroxylation is 1. The van der Waals surface area contributed by atoms with Gasteiger partial charge in [-0.2, -0.15) is 0 Å². The second-order valence-electron chi connectivity index (χ2n) is 7.57. The van der Waals surface area contributed by atoms with Crippen LogP contribution in [-0.2, 0) is 18.4 Å². The normalized spacial score (nSPS) is 30.2. The van der Waals surface area contributed by atoms with E-state index in [-0.39, 0.29) is 5.41 Å². The molecule has 1 aliphatic heterocycles. The van der Waals surface area contributed by atoms with Crippen molar-refractivity contribution in [3.63, 3.8) is 0 Å². The zero-order chi connectivity index (χ0) is 16.2. The minimum Gasteiger partial charge on any atom is -0.508 e. The summed E-state index contributed by atoms with van der Waals surface area (Å²) in [5.41, 5.74) is 4.16. The summed E-state index contributed by atoms with van der Waals surface area (Å²) in [5, 5.41) is 9.92. The molecule has 1 N–H and O–H groups in total. The van der Waals surface area contributed by atoms with Crippen LogP contribution in [0.25, 0.3) is 0 Å². The summed E-state index contributed by atoms with van der Waals surface area (Å²) in [6.07, 6.45) is 3.98. The van der Waals surface area contributed by atoms with Gasteiger partial charge in [0.2, 0.25) is 0 Å². The van der Waals surface area contributed by atoms with Gasteiger partial charge in [-0.05, 0) is 72.5 Å². The molecule has 3 atom stereocenters. The summed E-state index contributed by atoms with van der Waals surface area (Å²) in [5.74, 6) is 2.06. The summed E-state index contributed by atoms with van der Waals surface area (Å²) in [7, 11) is 0. The smallest absolute Gasteiger partial charge is 0.120 e. The topological polar surface area (TPSA) is 36.6 Å². The number of benzene rings is 1. The zero-order valence-corrected chi connectivity index (χ0v) is 14.2. The first-order valence-electron chi connectivity index (χ1n) is 8.58. The Balaban J connectivity index is 1.68. The molecule has 0 unspecified atom stereocenters. The van der Waals surface area contributed by atoms with Crippen molar-refractivity contribution in [2.45, 2.75) is 51.6 Å². The van der Waals surface area contributed by atoms with Crippen molar-refractivity contribution in [1.82, 2.24) is 4.90 Å². The van der Waals surface area contributed by atoms with Crippen LogP contribution in [0.3, 0.4) is 0 Å². The van der Waals surface area contributed by atoms with E-state index in [1.54, 1.807) is 6.26 Å². The molecular weight excluding hydrogens is 286 g/mol. The summed E-state index contributed by atoms with van der Waals surface area (Å²) in [4.78, 5) is 2.59. The maximum Gasteiger partial charge on any atom is 0.120 e. The van der Waals surface area contributed by atoms with Gasteiger partial charge in [-0.25, -0.2) is 0 Å². The van der Waals surface area contributed by atoms with Crippen molar-refractivity contribution in [3.8, 4) is 5.75 Å². The number of likely N-dealkylation sites (tertiary alicyclic amines) is 1. The fraction of sp³-hybridized carbons (Fsp3) is 0.500. The predicted molar refractivity (Wildman–Crippen MR) is 90.6 cm³/mol. The third kappa shape index (κ3) is 2.21. The number of phenols is 1. The van der Waals surface area contributed by atoms with E-state index in [0.29, 0.717) is 17.7 Å². The lowest BCUT2D eigenvalue weighted by Crippen LogP contribution is -2.57. The zero-order valence-electron chi connectivity index (χ0n) is 14.2. The van der Waals surface area contributed by atoms with Gasteiger partial charge in [-0.1, -0.05) is 19.9 Å². The first-order valence-corrected chi connectivity index (χ1v) is 8.58. The predicted octanol–water partition coefficient (Wildman–Crippen LogP) is 4.02. The van der Waals surface area contributed by atoms with E-state index in [9.17, 15) is 5.11 Å². The summed E-state index contributed by atoms with van der Waals surface area (Å²) in [6, 6.07) is 8.52. The average molecular weight is 311 g/mol. The number of hydrogen-bond acceptors (Lipinski definition) is 3. The Morgan fingerprint density at radius 3 is 2.91 bits per heavy atom. The Morgan fingerprint density at radius 2 is 2.17 bits per heavy atom. The molecule has 1 aromatic carbocycles. The minimum absolute atomic E-state index is 0.158. The van der Waals surface area contributed by atoms with Crippen molar-refractivity contribution in [1.29, 1.82) is 0 Å². The monoisotopic (exact) mass is 311 g/mol. The van der Waals surface area contributed by atoms with Gasteiger partial charge in [-0.15, -0.1) is 0 Å². The van der Waals surface area contributed by atoms with Crippen LogP contribution in [0.15, 0.2) is 34.9 Å². The quantitative estimate of drug-likeness (QED) is 0.910. The molecule has 2 aliphatic rings. The Labute approximate surface area is 137 Å². The first-order chi connectivity index (χ1) is 11.0. The number of aromatic hydroxyl groups is 1. The molecule has 0 radical (unpaired) electrons. The number of nitrogens with zero attached hydrogens (tertiary/aromatic N) is 1. The van der Waals surface area contributed by atoms with Crippen LogP contribution in [0.2, 0.25) is 0 Å². The number of furan rings is 1. The molecule has 1 aromatic heterocycles. The van der Waals surface area contributed by atoms with E-state index in [0.717, 1.165) is 31.7 Å². The molecule has 23 heavy (non-hydrogen) atoms. The molecular formula is C20H25NO2. The van der Waals surface area contributed by atoms with Crippen molar-refractivity contribution in [2.24, 2.45) is 5.92 Å². The fourth-order valence-electron chi connectivity index (χ4n) is 4.64. The first kappa shape index (κ1) is 14.8. The Kier molecular flexibility index (Phi) is 3.31. The molecule has 3 heteroatoms. The standard InChI is InChI=1S/C20H25NO2/c1-13-6-9-23-19(13)12-21-8-7-20(3)14(2)18(21)10-15-4-5-16(22)11-17(15)20/h4-6,9,11,14,18,22H,7-8,10,12H2,1-3H3/t14-,18+,20-/m1/s1. The van der Waals surface area contributed by atoms with Crippen LogP contribution in [-0.4, -0.2) is 22.6 Å². The van der Waals surface area contributed by atoms with Gasteiger partial charge >= 0.3 is 0 Å². The molecule has 2 aromatic rings. The molecule has 2 heterocycles. The number of fused-ring (bicyclic) bond motifs is 4. The number of rotatable bonds is 2. The number of piperidine rings is 1. The van der Waals surface area contributed by atoms with Crippen LogP contribution < -0.4 is 0 Å². The lowest BCUT2D eigenvalue weighted by molar-refractivity contribution is 0.0215. The lowest BCUT2D eigenvalue weighted by atomic mass is 9.59. The van der Waals surface area contributed by atoms with Gasteiger partial charge in [0.15, 0.2) is 0 Å². The van der Waals surface area contributed by atoms with Crippen molar-refractivity contribution in [2.75, 3.05) is 6.54 Å². The highest BCUT2D eigenvalue weighted by Gasteiger charge is 2.48. The summed E-state index contributed by atoms with van der Waals surface area (Å²) >= 11 is 0. The van der Waals surface area contributed by atoms with E-state index in [1.165, 1.54) is 16.7 Å². The summed E-state index contributed by atoms with van der Waals surface area (Å²) in [6.45, 7) is 8.85. The van der Waals surface area contributed by atoms with Crippen LogP contribution in [0.4, 0.5) is 0 Å². The van der Waals surface area contributed by atoms with Crippen molar-refractivity contribution in [3.05, 3.63) is 53.0 Å². The number of phenolic OH excluding ortho intramolecular Hbond substituents is 1. The molecule has 0 amide bonds. The highest BCUT2D eigenvalue weighted by atomic mass is 16.3. The van der Waals surface area contributed by atoms with Gasteiger partial charge < -0.3 is 9.52 Å². The fourth-order valence-corrected chi connectivity index (χ4v) is 4.64. The van der Waals surface area contributed by atoms with Crippen molar-refractivity contribution < 1.29 is 9.52 Å². The van der Waals surface area contributed by atoms with Gasteiger partial charge in [-0.3, -0.25) is 4.90 Å². The van der Waals surface area contributed by atoms with E-state index < -0.39 is 0 Å². The molecule has 2 bridgehead atoms. The largest absolute Gasteiger partial charge is 0.508 e. The van der Waals surface area contributed by atoms with E-state index >= 15 is 0 Å². The third-order valence-electron chi connectivity index (χ3n) is 6.42. The van der Waals surface area contributed by atoms with Crippen LogP contribution in [0, 0.1) is 12.8 Å². The van der Waals surface area contributed by atoms with Crippen molar-refractivity contribution >= 4 is 0 Å². The number of hydrogen-bond donors (Lipinski definition) is 1. The maximum absolute atomic E-state index is 9.92. The van der Waals surface area contributed by atoms with E-state index in [4.69, 9.17) is 4.42 Å². The van der Waals surface area contributed by atoms with Gasteiger partial charge in [0.05, 0.1) is 12.8 Å². The molecule has 122 valence electrons. The molecule has 4 rings (SSSR count). The van der Waals surface area contributed by atoms with E-state index in [2.05, 4.69) is 31.7 Å². The molecule has 0 spiro atoms. The average Bonchev–Trinajstić information content (AvgIpc) is 2.92. The molecule has 1 saturated heterocycles. The molecule has 1 aliphatic carbocycles. The summed E-state index contributed by atoms with van der Waals surface area (Å²) < 4.78 is 5.68. The second-order valence-corrected chi connectivity index (χ2v) is 7.57. The highest BCUT2D eigenvalue weighted by molar-refractivity contribution is 5.44. The maximum atomic E-state index is 9.92. The molecule has 0 saturated carbocycles. The van der Waals surface area contributed by atoms with E-state index in [1.807, 2.05) is 18.2 Å². The van der Waals surface area contributed by atoms with Gasteiger partial charge in [0.25, 0.3) is 0 Å². The highest BCUT2D eigenvalue weighted by Crippen LogP contribution is 2.49. The van der Waals surface area contributed by atoms with Crippen LogP contribution in [0.5, 0.6) is 5.75 Å². The third-order valence-corrected chi connectivity index (χ3v) is 6.42. The molecule has 1 fully saturated rings.